The maximum atomic E-state index is 12.9. The summed E-state index contributed by atoms with van der Waals surface area (Å²) in [6.45, 7) is 6.61. The quantitative estimate of drug-likeness (QED) is 0.618. The lowest BCUT2D eigenvalue weighted by Crippen LogP contribution is -2.43. The lowest BCUT2D eigenvalue weighted by molar-refractivity contribution is 0.0162. The van der Waals surface area contributed by atoms with E-state index < -0.39 is 0 Å². The summed E-state index contributed by atoms with van der Waals surface area (Å²) < 4.78 is 22.2. The van der Waals surface area contributed by atoms with Gasteiger partial charge < -0.3 is 24.1 Å². The summed E-state index contributed by atoms with van der Waals surface area (Å²) in [5.41, 5.74) is 3.39. The van der Waals surface area contributed by atoms with E-state index in [0.29, 0.717) is 50.2 Å². The Kier molecular flexibility index (Phi) is 6.28. The molecule has 2 aliphatic rings. The van der Waals surface area contributed by atoms with Gasteiger partial charge in [0, 0.05) is 31.3 Å². The molecule has 1 amide bonds. The molecule has 0 spiro atoms. The molecule has 2 aromatic carbocycles. The molecule has 1 atom stereocenters. The van der Waals surface area contributed by atoms with Gasteiger partial charge in [0.25, 0.3) is 5.91 Å². The summed E-state index contributed by atoms with van der Waals surface area (Å²) in [7, 11) is 0. The number of aryl methyl sites for hydroxylation is 1. The fourth-order valence-corrected chi connectivity index (χ4v) is 4.13. The topological polar surface area (TPSA) is 86.1 Å². The standard InChI is InChI=1S/C25H27N3O5/c1-17-2-4-18(5-3-17)21(28-8-10-30-11-9-28)16-26-25(29)20-15-23(33-27-20)19-6-7-22-24(14-19)32-13-12-31-22/h2-7,14-15,21H,8-13,16H2,1H3,(H,26,29)/t21-/m1/s1. The first-order chi connectivity index (χ1) is 16.2. The fraction of sp³-hybridized carbons (Fsp3) is 0.360. The van der Waals surface area contributed by atoms with Gasteiger partial charge in [-0.1, -0.05) is 35.0 Å². The molecular weight excluding hydrogens is 422 g/mol. The first kappa shape index (κ1) is 21.5. The highest BCUT2D eigenvalue weighted by atomic mass is 16.6. The molecule has 2 aliphatic heterocycles. The number of ether oxygens (including phenoxy) is 3. The van der Waals surface area contributed by atoms with Gasteiger partial charge in [-0.15, -0.1) is 0 Å². The van der Waals surface area contributed by atoms with Crippen molar-refractivity contribution in [2.75, 3.05) is 46.1 Å². The van der Waals surface area contributed by atoms with E-state index in [1.54, 1.807) is 6.07 Å². The lowest BCUT2D eigenvalue weighted by atomic mass is 10.0. The van der Waals surface area contributed by atoms with Crippen LogP contribution < -0.4 is 14.8 Å². The van der Waals surface area contributed by atoms with Gasteiger partial charge in [-0.3, -0.25) is 9.69 Å². The van der Waals surface area contributed by atoms with Crippen LogP contribution in [-0.4, -0.2) is 62.0 Å². The number of morpholine rings is 1. The highest BCUT2D eigenvalue weighted by Gasteiger charge is 2.24. The largest absolute Gasteiger partial charge is 0.486 e. The van der Waals surface area contributed by atoms with E-state index in [1.807, 2.05) is 18.2 Å². The van der Waals surface area contributed by atoms with Crippen LogP contribution in [-0.2, 0) is 4.74 Å². The number of rotatable bonds is 6. The van der Waals surface area contributed by atoms with E-state index in [-0.39, 0.29) is 17.6 Å². The minimum atomic E-state index is -0.270. The molecule has 1 fully saturated rings. The average Bonchev–Trinajstić information content (AvgIpc) is 3.36. The van der Waals surface area contributed by atoms with Crippen molar-refractivity contribution in [3.8, 4) is 22.8 Å². The van der Waals surface area contributed by atoms with Gasteiger partial charge in [0.15, 0.2) is 23.0 Å². The van der Waals surface area contributed by atoms with Crippen LogP contribution in [0.2, 0.25) is 0 Å². The van der Waals surface area contributed by atoms with E-state index >= 15 is 0 Å². The number of fused-ring (bicyclic) bond motifs is 1. The Bertz CT molecular complexity index is 1110. The zero-order chi connectivity index (χ0) is 22.6. The number of nitrogens with zero attached hydrogens (tertiary/aromatic N) is 2. The SMILES string of the molecule is Cc1ccc([C@@H](CNC(=O)c2cc(-c3ccc4c(c3)OCCO4)on2)N2CCOCC2)cc1. The van der Waals surface area contributed by atoms with Crippen LogP contribution in [0.1, 0.15) is 27.7 Å². The molecule has 0 radical (unpaired) electrons. The van der Waals surface area contributed by atoms with Gasteiger partial charge >= 0.3 is 0 Å². The highest BCUT2D eigenvalue weighted by Crippen LogP contribution is 2.34. The monoisotopic (exact) mass is 449 g/mol. The first-order valence-electron chi connectivity index (χ1n) is 11.2. The number of carbonyl (C=O) groups excluding carboxylic acids is 1. The maximum absolute atomic E-state index is 12.9. The molecule has 8 nitrogen and oxygen atoms in total. The molecule has 5 rings (SSSR count). The first-order valence-corrected chi connectivity index (χ1v) is 11.2. The number of benzene rings is 2. The fourth-order valence-electron chi connectivity index (χ4n) is 4.13. The van der Waals surface area contributed by atoms with Gasteiger partial charge in [0.2, 0.25) is 0 Å². The minimum Gasteiger partial charge on any atom is -0.486 e. The molecule has 0 saturated carbocycles. The number of hydrogen-bond donors (Lipinski definition) is 1. The maximum Gasteiger partial charge on any atom is 0.273 e. The Hall–Kier alpha value is -3.36. The number of hydrogen-bond acceptors (Lipinski definition) is 7. The third-order valence-corrected chi connectivity index (χ3v) is 5.97. The number of aromatic nitrogens is 1. The summed E-state index contributed by atoms with van der Waals surface area (Å²) >= 11 is 0. The van der Waals surface area contributed by atoms with Crippen molar-refractivity contribution in [3.63, 3.8) is 0 Å². The number of carbonyl (C=O) groups is 1. The number of amides is 1. The van der Waals surface area contributed by atoms with Crippen LogP contribution in [0, 0.1) is 6.92 Å². The molecule has 0 bridgehead atoms. The summed E-state index contributed by atoms with van der Waals surface area (Å²) in [4.78, 5) is 15.2. The Balaban J connectivity index is 1.28. The highest BCUT2D eigenvalue weighted by molar-refractivity contribution is 5.93. The average molecular weight is 450 g/mol. The Morgan fingerprint density at radius 2 is 1.76 bits per heavy atom. The summed E-state index contributed by atoms with van der Waals surface area (Å²) in [5.74, 6) is 1.59. The third-order valence-electron chi connectivity index (χ3n) is 5.97. The van der Waals surface area contributed by atoms with Crippen LogP contribution >= 0.6 is 0 Å². The smallest absolute Gasteiger partial charge is 0.273 e. The van der Waals surface area contributed by atoms with Crippen LogP contribution in [0.25, 0.3) is 11.3 Å². The van der Waals surface area contributed by atoms with Crippen LogP contribution in [0.15, 0.2) is 53.1 Å². The Morgan fingerprint density at radius 3 is 2.55 bits per heavy atom. The van der Waals surface area contributed by atoms with Crippen molar-refractivity contribution < 1.29 is 23.5 Å². The molecule has 0 unspecified atom stereocenters. The second kappa shape index (κ2) is 9.64. The molecule has 1 aromatic heterocycles. The Morgan fingerprint density at radius 1 is 1.00 bits per heavy atom. The van der Waals surface area contributed by atoms with E-state index in [0.717, 1.165) is 18.7 Å². The van der Waals surface area contributed by atoms with Crippen molar-refractivity contribution >= 4 is 5.91 Å². The van der Waals surface area contributed by atoms with Gasteiger partial charge in [-0.2, -0.15) is 0 Å². The van der Waals surface area contributed by atoms with Crippen molar-refractivity contribution in [2.45, 2.75) is 13.0 Å². The van der Waals surface area contributed by atoms with Crippen LogP contribution in [0.3, 0.4) is 0 Å². The van der Waals surface area contributed by atoms with E-state index in [9.17, 15) is 4.79 Å². The second-order valence-electron chi connectivity index (χ2n) is 8.22. The normalized spacial score (nSPS) is 16.9. The molecule has 1 N–H and O–H groups in total. The second-order valence-corrected chi connectivity index (χ2v) is 8.22. The lowest BCUT2D eigenvalue weighted by Gasteiger charge is -2.35. The minimum absolute atomic E-state index is 0.0580. The molecule has 172 valence electrons. The van der Waals surface area contributed by atoms with Gasteiger partial charge in [-0.05, 0) is 30.7 Å². The molecular formula is C25H27N3O5. The van der Waals surface area contributed by atoms with Crippen LogP contribution in [0.5, 0.6) is 11.5 Å². The van der Waals surface area contributed by atoms with Gasteiger partial charge in [0.05, 0.1) is 19.3 Å². The molecule has 1 saturated heterocycles. The number of nitrogens with one attached hydrogen (secondary N) is 1. The zero-order valence-corrected chi connectivity index (χ0v) is 18.6. The molecule has 3 aromatic rings. The summed E-state index contributed by atoms with van der Waals surface area (Å²) in [6, 6.07) is 15.7. The van der Waals surface area contributed by atoms with Crippen molar-refractivity contribution in [1.82, 2.24) is 15.4 Å². The van der Waals surface area contributed by atoms with E-state index in [2.05, 4.69) is 46.6 Å². The molecule has 33 heavy (non-hydrogen) atoms. The van der Waals surface area contributed by atoms with E-state index in [1.165, 1.54) is 11.1 Å². The molecule has 0 aliphatic carbocycles. The zero-order valence-electron chi connectivity index (χ0n) is 18.6. The third kappa shape index (κ3) is 4.86. The summed E-state index contributed by atoms with van der Waals surface area (Å²) in [5, 5.41) is 7.02. The summed E-state index contributed by atoms with van der Waals surface area (Å²) in [6.07, 6.45) is 0. The van der Waals surface area contributed by atoms with Gasteiger partial charge in [-0.25, -0.2) is 0 Å². The predicted octanol–water partition coefficient (Wildman–Crippen LogP) is 3.22. The van der Waals surface area contributed by atoms with Gasteiger partial charge in [0.1, 0.15) is 13.2 Å². The van der Waals surface area contributed by atoms with Crippen LogP contribution in [0.4, 0.5) is 0 Å². The van der Waals surface area contributed by atoms with Crippen molar-refractivity contribution in [2.24, 2.45) is 0 Å². The van der Waals surface area contributed by atoms with Crippen molar-refractivity contribution in [3.05, 3.63) is 65.4 Å². The van der Waals surface area contributed by atoms with Crippen molar-refractivity contribution in [1.29, 1.82) is 0 Å². The molecule has 8 heteroatoms. The predicted molar refractivity (Wildman–Crippen MR) is 122 cm³/mol. The Labute approximate surface area is 192 Å². The van der Waals surface area contributed by atoms with E-state index in [4.69, 9.17) is 18.7 Å². The molecule has 3 heterocycles.